The molecule has 1 fully saturated rings. The molecule has 2 aromatic heterocycles. The van der Waals surface area contributed by atoms with E-state index in [9.17, 15) is 14.7 Å². The maximum Gasteiger partial charge on any atom is 0.301 e. The van der Waals surface area contributed by atoms with Crippen molar-refractivity contribution in [3.8, 4) is 5.75 Å². The van der Waals surface area contributed by atoms with Crippen LogP contribution in [0.5, 0.6) is 5.75 Å². The Labute approximate surface area is 203 Å². The van der Waals surface area contributed by atoms with Crippen LogP contribution >= 0.6 is 22.7 Å². The highest BCUT2D eigenvalue weighted by atomic mass is 32.1. The van der Waals surface area contributed by atoms with E-state index in [1.165, 1.54) is 27.6 Å². The summed E-state index contributed by atoms with van der Waals surface area (Å²) in [6, 6.07) is 14.3. The number of Topliss-reactive ketones (excluding diaryl/α,β-unsaturated/α-hetero) is 1. The van der Waals surface area contributed by atoms with Crippen molar-refractivity contribution < 1.29 is 19.4 Å². The van der Waals surface area contributed by atoms with Crippen molar-refractivity contribution in [2.45, 2.75) is 32.4 Å². The Morgan fingerprint density at radius 1 is 1.18 bits per heavy atom. The summed E-state index contributed by atoms with van der Waals surface area (Å²) in [4.78, 5) is 33.5. The third-order valence-electron chi connectivity index (χ3n) is 6.17. The molecule has 1 saturated heterocycles. The first-order valence-electron chi connectivity index (χ1n) is 10.9. The molecule has 0 unspecified atom stereocenters. The molecule has 1 N–H and O–H groups in total. The lowest BCUT2D eigenvalue weighted by atomic mass is 9.98. The summed E-state index contributed by atoms with van der Waals surface area (Å²) in [5.41, 5.74) is 3.41. The zero-order chi connectivity index (χ0) is 23.6. The Balaban J connectivity index is 1.51. The predicted octanol–water partition coefficient (Wildman–Crippen LogP) is 5.62. The van der Waals surface area contributed by atoms with Crippen LogP contribution in [0.1, 0.15) is 34.5 Å². The predicted molar refractivity (Wildman–Crippen MR) is 134 cm³/mol. The fourth-order valence-corrected chi connectivity index (χ4v) is 6.51. The van der Waals surface area contributed by atoms with Crippen molar-refractivity contribution in [2.75, 3.05) is 4.90 Å². The molecule has 8 heteroatoms. The van der Waals surface area contributed by atoms with Gasteiger partial charge in [-0.2, -0.15) is 0 Å². The van der Waals surface area contributed by atoms with E-state index in [1.807, 2.05) is 55.6 Å². The van der Waals surface area contributed by atoms with Crippen LogP contribution in [0.2, 0.25) is 0 Å². The Morgan fingerprint density at radius 3 is 2.82 bits per heavy atom. The number of rotatable bonds is 3. The number of benzene rings is 2. The molecule has 1 amide bonds. The number of amides is 1. The summed E-state index contributed by atoms with van der Waals surface area (Å²) < 4.78 is 6.70. The van der Waals surface area contributed by atoms with Crippen molar-refractivity contribution in [1.29, 1.82) is 0 Å². The smallest absolute Gasteiger partial charge is 0.301 e. The van der Waals surface area contributed by atoms with E-state index in [2.05, 4.69) is 4.98 Å². The highest BCUT2D eigenvalue weighted by Crippen LogP contribution is 2.46. The van der Waals surface area contributed by atoms with Gasteiger partial charge < -0.3 is 9.84 Å². The summed E-state index contributed by atoms with van der Waals surface area (Å²) in [6.45, 7) is 3.99. The number of aryl methyl sites for hydroxylation is 1. The second-order valence-corrected chi connectivity index (χ2v) is 10.6. The van der Waals surface area contributed by atoms with Gasteiger partial charge >= 0.3 is 5.91 Å². The lowest BCUT2D eigenvalue weighted by Crippen LogP contribution is -2.28. The number of carbonyl (C=O) groups is 2. The normalized spacial score (nSPS) is 21.3. The molecule has 2 atom stereocenters. The Kier molecular flexibility index (Phi) is 4.82. The Hall–Kier alpha value is -3.49. The minimum absolute atomic E-state index is 0.0618. The second-order valence-electron chi connectivity index (χ2n) is 8.61. The van der Waals surface area contributed by atoms with Gasteiger partial charge in [-0.05, 0) is 66.8 Å². The highest BCUT2D eigenvalue weighted by Gasteiger charge is 2.48. The van der Waals surface area contributed by atoms with Crippen LogP contribution in [0.25, 0.3) is 16.0 Å². The number of hydrogen-bond donors (Lipinski definition) is 1. The number of thiazole rings is 1. The van der Waals surface area contributed by atoms with E-state index in [-0.39, 0.29) is 17.4 Å². The largest absolute Gasteiger partial charge is 0.507 e. The third-order valence-corrected chi connectivity index (χ3v) is 8.11. The zero-order valence-corrected chi connectivity index (χ0v) is 20.1. The molecule has 6 nitrogen and oxygen atoms in total. The number of aliphatic hydroxyl groups excluding tert-OH is 1. The molecule has 0 radical (unpaired) electrons. The quantitative estimate of drug-likeness (QED) is 0.230. The molecule has 0 saturated carbocycles. The van der Waals surface area contributed by atoms with E-state index in [1.54, 1.807) is 12.1 Å². The van der Waals surface area contributed by atoms with E-state index in [4.69, 9.17) is 4.74 Å². The standard InChI is InChI=1S/C26H20N2O4S2/c1-13-5-7-17-20(10-13)34-26(27-17)28-22(19-4-3-9-33-19)21(24(30)25(28)31)23(29)15-6-8-18-16(12-15)11-14(2)32-18/h3-10,12,14,22,29H,11H2,1-2H3/b23-21+/t14-,22-/m1/s1. The minimum atomic E-state index is -0.745. The molecule has 2 aromatic carbocycles. The third kappa shape index (κ3) is 3.25. The van der Waals surface area contributed by atoms with E-state index >= 15 is 0 Å². The monoisotopic (exact) mass is 488 g/mol. The molecule has 2 aliphatic rings. The molecule has 0 aliphatic carbocycles. The van der Waals surface area contributed by atoms with Gasteiger partial charge in [-0.1, -0.05) is 23.5 Å². The molecule has 0 bridgehead atoms. The SMILES string of the molecule is Cc1ccc2nc(N3C(=O)C(=O)/C(=C(/O)c4ccc5c(c4)C[C@@H](C)O5)[C@H]3c3cccs3)sc2c1. The van der Waals surface area contributed by atoms with Crippen LogP contribution in [0.4, 0.5) is 5.13 Å². The van der Waals surface area contributed by atoms with Crippen LogP contribution < -0.4 is 9.64 Å². The van der Waals surface area contributed by atoms with Crippen molar-refractivity contribution >= 4 is 55.5 Å². The van der Waals surface area contributed by atoms with Crippen molar-refractivity contribution in [3.05, 3.63) is 81.1 Å². The number of hydrogen-bond acceptors (Lipinski definition) is 7. The Bertz CT molecular complexity index is 1500. The summed E-state index contributed by atoms with van der Waals surface area (Å²) in [7, 11) is 0. The number of aliphatic hydroxyl groups is 1. The fourth-order valence-electron chi connectivity index (χ4n) is 4.59. The number of aromatic nitrogens is 1. The molecule has 170 valence electrons. The van der Waals surface area contributed by atoms with Gasteiger partial charge in [0.25, 0.3) is 5.78 Å². The molecule has 6 rings (SSSR count). The Morgan fingerprint density at radius 2 is 2.03 bits per heavy atom. The maximum atomic E-state index is 13.3. The topological polar surface area (TPSA) is 79.7 Å². The number of anilines is 1. The van der Waals surface area contributed by atoms with Crippen molar-refractivity contribution in [3.63, 3.8) is 0 Å². The highest BCUT2D eigenvalue weighted by molar-refractivity contribution is 7.22. The fraction of sp³-hybridized carbons (Fsp3) is 0.192. The lowest BCUT2D eigenvalue weighted by Gasteiger charge is -2.21. The van der Waals surface area contributed by atoms with Crippen LogP contribution in [0.15, 0.2) is 59.5 Å². The molecular formula is C26H20N2O4S2. The van der Waals surface area contributed by atoms with Crippen molar-refractivity contribution in [1.82, 2.24) is 4.98 Å². The van der Waals surface area contributed by atoms with Gasteiger partial charge in [-0.3, -0.25) is 14.5 Å². The summed E-state index contributed by atoms with van der Waals surface area (Å²) in [5, 5.41) is 13.7. The molecular weight excluding hydrogens is 468 g/mol. The first kappa shape index (κ1) is 21.1. The summed E-state index contributed by atoms with van der Waals surface area (Å²) in [6.07, 6.45) is 0.788. The first-order valence-corrected chi connectivity index (χ1v) is 12.6. The van der Waals surface area contributed by atoms with Gasteiger partial charge in [0.1, 0.15) is 23.7 Å². The summed E-state index contributed by atoms with van der Waals surface area (Å²) in [5.74, 6) is -0.798. The zero-order valence-electron chi connectivity index (χ0n) is 18.4. The van der Waals surface area contributed by atoms with Crippen LogP contribution in [0.3, 0.4) is 0 Å². The first-order chi connectivity index (χ1) is 16.4. The van der Waals surface area contributed by atoms with E-state index in [0.29, 0.717) is 10.7 Å². The van der Waals surface area contributed by atoms with E-state index < -0.39 is 17.7 Å². The average Bonchev–Trinajstić information content (AvgIpc) is 3.58. The van der Waals surface area contributed by atoms with Gasteiger partial charge in [0, 0.05) is 16.9 Å². The number of nitrogens with zero attached hydrogens (tertiary/aromatic N) is 2. The molecule has 4 heterocycles. The van der Waals surface area contributed by atoms with Crippen molar-refractivity contribution in [2.24, 2.45) is 0 Å². The van der Waals surface area contributed by atoms with Crippen LogP contribution in [-0.2, 0) is 16.0 Å². The average molecular weight is 489 g/mol. The number of thiophene rings is 1. The number of fused-ring (bicyclic) bond motifs is 2. The second kappa shape index (κ2) is 7.78. The lowest BCUT2D eigenvalue weighted by molar-refractivity contribution is -0.132. The van der Waals surface area contributed by atoms with E-state index in [0.717, 1.165) is 38.4 Å². The van der Waals surface area contributed by atoms with Crippen LogP contribution in [-0.4, -0.2) is 27.9 Å². The number of carbonyl (C=O) groups excluding carboxylic acids is 2. The minimum Gasteiger partial charge on any atom is -0.507 e. The number of ketones is 1. The molecule has 4 aromatic rings. The van der Waals surface area contributed by atoms with Crippen LogP contribution in [0, 0.1) is 6.92 Å². The molecule has 2 aliphatic heterocycles. The van der Waals surface area contributed by atoms with Gasteiger partial charge in [0.15, 0.2) is 5.13 Å². The molecule has 34 heavy (non-hydrogen) atoms. The molecule has 0 spiro atoms. The number of ether oxygens (including phenoxy) is 1. The summed E-state index contributed by atoms with van der Waals surface area (Å²) >= 11 is 2.80. The maximum absolute atomic E-state index is 13.3. The van der Waals surface area contributed by atoms with Gasteiger partial charge in [0.05, 0.1) is 15.8 Å². The van der Waals surface area contributed by atoms with Gasteiger partial charge in [-0.15, -0.1) is 11.3 Å². The van der Waals surface area contributed by atoms with Gasteiger partial charge in [0.2, 0.25) is 0 Å². The van der Waals surface area contributed by atoms with Gasteiger partial charge in [-0.25, -0.2) is 4.98 Å².